The molecule has 0 spiro atoms. The second kappa shape index (κ2) is 4.41. The summed E-state index contributed by atoms with van der Waals surface area (Å²) in [6, 6.07) is 6.88. The van der Waals surface area contributed by atoms with Gasteiger partial charge in [0.15, 0.2) is 15.7 Å². The van der Waals surface area contributed by atoms with E-state index in [4.69, 9.17) is 10.3 Å². The molecule has 7 heteroatoms. The Hall–Kier alpha value is -1.89. The normalized spacial score (nSPS) is 13.4. The lowest BCUT2D eigenvalue weighted by atomic mass is 10.2. The Labute approximate surface area is 105 Å². The first-order valence-electron chi connectivity index (χ1n) is 5.26. The van der Waals surface area contributed by atoms with Crippen molar-refractivity contribution in [2.24, 2.45) is 0 Å². The van der Waals surface area contributed by atoms with E-state index in [1.54, 1.807) is 24.3 Å². The minimum absolute atomic E-state index is 0.157. The summed E-state index contributed by atoms with van der Waals surface area (Å²) in [5, 5.41) is 2.90. The molecular weight excluding hydrogens is 254 g/mol. The molecule has 0 aliphatic heterocycles. The van der Waals surface area contributed by atoms with Crippen LogP contribution in [0.1, 0.15) is 18.0 Å². The molecule has 2 aromatic rings. The van der Waals surface area contributed by atoms with Gasteiger partial charge >= 0.3 is 0 Å². The standard InChI is InChI=1S/C11H13N3O3S/c1-7(18(2,15)16)10-13-11(17-14-10)8-3-5-9(12)6-4-8/h3-7H,12H2,1-2H3. The number of hydrogen-bond donors (Lipinski definition) is 1. The van der Waals surface area contributed by atoms with Crippen molar-refractivity contribution < 1.29 is 12.9 Å². The molecule has 1 atom stereocenters. The summed E-state index contributed by atoms with van der Waals surface area (Å²) in [4.78, 5) is 4.08. The van der Waals surface area contributed by atoms with Gasteiger partial charge in [0.05, 0.1) is 0 Å². The molecule has 2 rings (SSSR count). The molecular formula is C11H13N3O3S. The summed E-state index contributed by atoms with van der Waals surface area (Å²) in [6.45, 7) is 1.52. The molecule has 1 aromatic heterocycles. The van der Waals surface area contributed by atoms with E-state index in [1.807, 2.05) is 0 Å². The van der Waals surface area contributed by atoms with Gasteiger partial charge in [-0.05, 0) is 31.2 Å². The Kier molecular flexibility index (Phi) is 3.08. The van der Waals surface area contributed by atoms with E-state index in [1.165, 1.54) is 6.92 Å². The lowest BCUT2D eigenvalue weighted by Gasteiger charge is -2.01. The molecule has 0 amide bonds. The minimum atomic E-state index is -3.24. The van der Waals surface area contributed by atoms with Crippen LogP contribution in [0.3, 0.4) is 0 Å². The minimum Gasteiger partial charge on any atom is -0.399 e. The third kappa shape index (κ3) is 2.51. The van der Waals surface area contributed by atoms with Crippen molar-refractivity contribution in [2.45, 2.75) is 12.2 Å². The van der Waals surface area contributed by atoms with Crippen molar-refractivity contribution in [3.63, 3.8) is 0 Å². The van der Waals surface area contributed by atoms with Gasteiger partial charge < -0.3 is 10.3 Å². The van der Waals surface area contributed by atoms with E-state index in [0.29, 0.717) is 11.3 Å². The van der Waals surface area contributed by atoms with Gasteiger partial charge in [-0.1, -0.05) is 5.16 Å². The van der Waals surface area contributed by atoms with Crippen LogP contribution in [0.2, 0.25) is 0 Å². The Morgan fingerprint density at radius 3 is 2.44 bits per heavy atom. The second-order valence-electron chi connectivity index (χ2n) is 4.05. The van der Waals surface area contributed by atoms with Crippen molar-refractivity contribution in [1.82, 2.24) is 10.1 Å². The zero-order valence-corrected chi connectivity index (χ0v) is 10.8. The van der Waals surface area contributed by atoms with E-state index in [2.05, 4.69) is 10.1 Å². The fourth-order valence-electron chi connectivity index (χ4n) is 1.33. The third-order valence-electron chi connectivity index (χ3n) is 2.61. The van der Waals surface area contributed by atoms with E-state index >= 15 is 0 Å². The summed E-state index contributed by atoms with van der Waals surface area (Å²) < 4.78 is 27.8. The number of anilines is 1. The molecule has 1 unspecified atom stereocenters. The quantitative estimate of drug-likeness (QED) is 0.844. The highest BCUT2D eigenvalue weighted by Crippen LogP contribution is 2.23. The first-order valence-corrected chi connectivity index (χ1v) is 7.22. The number of sulfone groups is 1. The molecule has 0 fully saturated rings. The number of aromatic nitrogens is 2. The van der Waals surface area contributed by atoms with Gasteiger partial charge in [-0.15, -0.1) is 0 Å². The van der Waals surface area contributed by atoms with E-state index in [9.17, 15) is 8.42 Å². The Morgan fingerprint density at radius 2 is 1.89 bits per heavy atom. The van der Waals surface area contributed by atoms with Gasteiger partial charge in [-0.2, -0.15) is 4.98 Å². The number of hydrogen-bond acceptors (Lipinski definition) is 6. The number of nitrogens with two attached hydrogens (primary N) is 1. The molecule has 0 bridgehead atoms. The van der Waals surface area contributed by atoms with Crippen LogP contribution in [0.5, 0.6) is 0 Å². The van der Waals surface area contributed by atoms with Gasteiger partial charge in [0, 0.05) is 17.5 Å². The highest BCUT2D eigenvalue weighted by Gasteiger charge is 2.23. The fraction of sp³-hybridized carbons (Fsp3) is 0.273. The van der Waals surface area contributed by atoms with Gasteiger partial charge in [-0.3, -0.25) is 0 Å². The zero-order valence-electron chi connectivity index (χ0n) is 9.99. The molecule has 0 aliphatic carbocycles. The van der Waals surface area contributed by atoms with Crippen molar-refractivity contribution >= 4 is 15.5 Å². The Bertz CT molecular complexity index is 646. The van der Waals surface area contributed by atoms with Crippen molar-refractivity contribution in [1.29, 1.82) is 0 Å². The van der Waals surface area contributed by atoms with Crippen LogP contribution in [0, 0.1) is 0 Å². The SMILES string of the molecule is CC(c1noc(-c2ccc(N)cc2)n1)S(C)(=O)=O. The first-order chi connectivity index (χ1) is 8.38. The fourth-order valence-corrected chi connectivity index (χ4v) is 1.81. The van der Waals surface area contributed by atoms with Crippen molar-refractivity contribution in [2.75, 3.05) is 12.0 Å². The molecule has 1 aromatic carbocycles. The van der Waals surface area contributed by atoms with Crippen LogP contribution >= 0.6 is 0 Å². The molecule has 0 radical (unpaired) electrons. The maximum absolute atomic E-state index is 11.4. The Morgan fingerprint density at radius 1 is 1.28 bits per heavy atom. The highest BCUT2D eigenvalue weighted by atomic mass is 32.2. The third-order valence-corrected chi connectivity index (χ3v) is 4.10. The second-order valence-corrected chi connectivity index (χ2v) is 6.42. The molecule has 18 heavy (non-hydrogen) atoms. The van der Waals surface area contributed by atoms with Crippen molar-refractivity contribution in [3.8, 4) is 11.5 Å². The summed E-state index contributed by atoms with van der Waals surface area (Å²) in [5.74, 6) is 0.435. The smallest absolute Gasteiger partial charge is 0.257 e. The lowest BCUT2D eigenvalue weighted by Crippen LogP contribution is -2.09. The van der Waals surface area contributed by atoms with Gasteiger partial charge in [0.2, 0.25) is 0 Å². The Balaban J connectivity index is 2.34. The molecule has 0 saturated carbocycles. The average Bonchev–Trinajstić information content (AvgIpc) is 2.77. The van der Waals surface area contributed by atoms with Crippen LogP contribution < -0.4 is 5.73 Å². The van der Waals surface area contributed by atoms with Crippen molar-refractivity contribution in [3.05, 3.63) is 30.1 Å². The van der Waals surface area contributed by atoms with Crippen LogP contribution in [-0.4, -0.2) is 24.8 Å². The molecule has 0 saturated heterocycles. The summed E-state index contributed by atoms with van der Waals surface area (Å²) in [7, 11) is -3.24. The molecule has 2 N–H and O–H groups in total. The number of benzene rings is 1. The number of nitrogens with zero attached hydrogens (tertiary/aromatic N) is 2. The lowest BCUT2D eigenvalue weighted by molar-refractivity contribution is 0.422. The van der Waals surface area contributed by atoms with E-state index < -0.39 is 15.1 Å². The van der Waals surface area contributed by atoms with Gasteiger partial charge in [-0.25, -0.2) is 8.42 Å². The van der Waals surface area contributed by atoms with Crippen LogP contribution in [0.25, 0.3) is 11.5 Å². The summed E-state index contributed by atoms with van der Waals surface area (Å²) in [5.41, 5.74) is 6.89. The van der Waals surface area contributed by atoms with Gasteiger partial charge in [0.1, 0.15) is 5.25 Å². The molecule has 96 valence electrons. The highest BCUT2D eigenvalue weighted by molar-refractivity contribution is 7.90. The topological polar surface area (TPSA) is 99.1 Å². The maximum atomic E-state index is 11.4. The number of nitrogen functional groups attached to an aromatic ring is 1. The summed E-state index contributed by atoms with van der Waals surface area (Å²) >= 11 is 0. The monoisotopic (exact) mass is 267 g/mol. The van der Waals surface area contributed by atoms with Crippen LogP contribution in [0.15, 0.2) is 28.8 Å². The van der Waals surface area contributed by atoms with Gasteiger partial charge in [0.25, 0.3) is 5.89 Å². The molecule has 6 nitrogen and oxygen atoms in total. The predicted octanol–water partition coefficient (Wildman–Crippen LogP) is 1.42. The predicted molar refractivity (Wildman–Crippen MR) is 67.4 cm³/mol. The molecule has 0 aliphatic rings. The van der Waals surface area contributed by atoms with Crippen LogP contribution in [0.4, 0.5) is 5.69 Å². The van der Waals surface area contributed by atoms with E-state index in [0.717, 1.165) is 6.26 Å². The largest absolute Gasteiger partial charge is 0.399 e. The number of rotatable bonds is 3. The first kappa shape index (κ1) is 12.6. The zero-order chi connectivity index (χ0) is 13.3. The van der Waals surface area contributed by atoms with Crippen LogP contribution in [-0.2, 0) is 9.84 Å². The molecule has 1 heterocycles. The van der Waals surface area contributed by atoms with E-state index in [-0.39, 0.29) is 11.7 Å². The summed E-state index contributed by atoms with van der Waals surface area (Å²) in [6.07, 6.45) is 1.14. The average molecular weight is 267 g/mol. The maximum Gasteiger partial charge on any atom is 0.257 e.